The van der Waals surface area contributed by atoms with Gasteiger partial charge in [0.05, 0.1) is 6.61 Å². The van der Waals surface area contributed by atoms with Crippen molar-refractivity contribution < 1.29 is 5.11 Å². The normalized spacial score (nSPS) is 19.9. The van der Waals surface area contributed by atoms with E-state index in [1.54, 1.807) is 11.3 Å². The lowest BCUT2D eigenvalue weighted by molar-refractivity contribution is 0.154. The van der Waals surface area contributed by atoms with Crippen LogP contribution < -0.4 is 0 Å². The third kappa shape index (κ3) is 2.86. The van der Waals surface area contributed by atoms with Crippen LogP contribution in [0.5, 0.6) is 0 Å². The zero-order valence-electron chi connectivity index (χ0n) is 10.8. The number of benzene rings is 1. The summed E-state index contributed by atoms with van der Waals surface area (Å²) in [6.45, 7) is 2.27. The summed E-state index contributed by atoms with van der Waals surface area (Å²) >= 11 is 1.75. The number of likely N-dealkylation sites (tertiary alicyclic amines) is 1. The van der Waals surface area contributed by atoms with Gasteiger partial charge < -0.3 is 5.11 Å². The minimum absolute atomic E-state index is 0.268. The van der Waals surface area contributed by atoms with Gasteiger partial charge in [-0.2, -0.15) is 0 Å². The molecule has 1 saturated heterocycles. The van der Waals surface area contributed by atoms with Crippen LogP contribution in [-0.2, 0) is 6.54 Å². The highest BCUT2D eigenvalue weighted by Gasteiger charge is 2.24. The van der Waals surface area contributed by atoms with Crippen molar-refractivity contribution in [1.29, 1.82) is 0 Å². The van der Waals surface area contributed by atoms with Gasteiger partial charge in [0.2, 0.25) is 0 Å². The Bertz CT molecular complexity index is 526. The maximum atomic E-state index is 9.34. The van der Waals surface area contributed by atoms with Crippen LogP contribution in [0.1, 0.15) is 17.7 Å². The van der Waals surface area contributed by atoms with Gasteiger partial charge in [0, 0.05) is 29.2 Å². The second-order valence-electron chi connectivity index (χ2n) is 4.95. The summed E-state index contributed by atoms with van der Waals surface area (Å²) in [6, 6.07) is 10.6. The van der Waals surface area contributed by atoms with E-state index in [0.717, 1.165) is 24.5 Å². The van der Waals surface area contributed by atoms with Crippen LogP contribution >= 0.6 is 11.3 Å². The van der Waals surface area contributed by atoms with E-state index in [0.29, 0.717) is 6.04 Å². The fourth-order valence-electron chi connectivity index (χ4n) is 2.61. The minimum atomic E-state index is 0.268. The molecular weight excluding hydrogens is 256 g/mol. The molecular formula is C15H18N2OS. The molecule has 2 heterocycles. The molecule has 0 amide bonds. The average molecular weight is 274 g/mol. The van der Waals surface area contributed by atoms with E-state index in [-0.39, 0.29) is 6.61 Å². The number of thiazole rings is 1. The molecule has 0 unspecified atom stereocenters. The maximum absolute atomic E-state index is 9.34. The van der Waals surface area contributed by atoms with E-state index in [1.165, 1.54) is 16.9 Å². The third-order valence-electron chi connectivity index (χ3n) is 3.64. The summed E-state index contributed by atoms with van der Waals surface area (Å²) in [5.74, 6) is 0. The number of aliphatic hydroxyl groups is 1. The smallest absolute Gasteiger partial charge is 0.123 e. The highest BCUT2D eigenvalue weighted by Crippen LogP contribution is 2.27. The summed E-state index contributed by atoms with van der Waals surface area (Å²) in [6.07, 6.45) is 4.27. The van der Waals surface area contributed by atoms with Gasteiger partial charge in [-0.3, -0.25) is 4.90 Å². The lowest BCUT2D eigenvalue weighted by Gasteiger charge is -2.21. The summed E-state index contributed by atoms with van der Waals surface area (Å²) < 4.78 is 0. The molecule has 100 valence electrons. The van der Waals surface area contributed by atoms with Crippen LogP contribution in [0.4, 0.5) is 0 Å². The van der Waals surface area contributed by atoms with Gasteiger partial charge in [0.1, 0.15) is 5.01 Å². The van der Waals surface area contributed by atoms with E-state index in [4.69, 9.17) is 0 Å². The van der Waals surface area contributed by atoms with Crippen molar-refractivity contribution in [3.8, 4) is 10.6 Å². The van der Waals surface area contributed by atoms with E-state index in [2.05, 4.69) is 22.0 Å². The Labute approximate surface area is 117 Å². The summed E-state index contributed by atoms with van der Waals surface area (Å²) in [5, 5.41) is 10.4. The maximum Gasteiger partial charge on any atom is 0.123 e. The number of nitrogens with zero attached hydrogens (tertiary/aromatic N) is 2. The molecule has 1 atom stereocenters. The van der Waals surface area contributed by atoms with Crippen molar-refractivity contribution in [2.24, 2.45) is 0 Å². The van der Waals surface area contributed by atoms with Crippen LogP contribution in [0.3, 0.4) is 0 Å². The first-order valence-electron chi connectivity index (χ1n) is 6.72. The molecule has 1 N–H and O–H groups in total. The number of hydrogen-bond acceptors (Lipinski definition) is 4. The van der Waals surface area contributed by atoms with Gasteiger partial charge >= 0.3 is 0 Å². The summed E-state index contributed by atoms with van der Waals surface area (Å²) in [4.78, 5) is 8.15. The van der Waals surface area contributed by atoms with Gasteiger partial charge in [-0.05, 0) is 19.4 Å². The van der Waals surface area contributed by atoms with Gasteiger partial charge in [0.25, 0.3) is 0 Å². The molecule has 4 heteroatoms. The summed E-state index contributed by atoms with van der Waals surface area (Å²) in [5.41, 5.74) is 1.18. The monoisotopic (exact) mass is 274 g/mol. The highest BCUT2D eigenvalue weighted by atomic mass is 32.1. The fraction of sp³-hybridized carbons (Fsp3) is 0.400. The molecule has 1 fully saturated rings. The number of hydrogen-bond donors (Lipinski definition) is 1. The highest BCUT2D eigenvalue weighted by molar-refractivity contribution is 7.15. The summed E-state index contributed by atoms with van der Waals surface area (Å²) in [7, 11) is 0. The van der Waals surface area contributed by atoms with E-state index in [1.807, 2.05) is 24.4 Å². The topological polar surface area (TPSA) is 36.4 Å². The van der Waals surface area contributed by atoms with Crippen molar-refractivity contribution >= 4 is 11.3 Å². The Balaban J connectivity index is 1.72. The van der Waals surface area contributed by atoms with E-state index < -0.39 is 0 Å². The fourth-order valence-corrected chi connectivity index (χ4v) is 3.55. The molecule has 0 spiro atoms. The Morgan fingerprint density at radius 1 is 1.32 bits per heavy atom. The Hall–Kier alpha value is -1.23. The molecule has 1 aliphatic rings. The zero-order valence-corrected chi connectivity index (χ0v) is 11.6. The standard InChI is InChI=1S/C15H18N2OS/c18-11-13-7-4-8-17(13)10-14-9-16-15(19-14)12-5-2-1-3-6-12/h1-3,5-6,9,13,18H,4,7-8,10-11H2/t13-/m1/s1. The molecule has 19 heavy (non-hydrogen) atoms. The molecule has 1 aliphatic heterocycles. The van der Waals surface area contributed by atoms with Crippen LogP contribution in [0, 0.1) is 0 Å². The SMILES string of the molecule is OC[C@H]1CCCN1Cc1cnc(-c2ccccc2)s1. The molecule has 0 radical (unpaired) electrons. The van der Waals surface area contributed by atoms with E-state index in [9.17, 15) is 5.11 Å². The van der Waals surface area contributed by atoms with Crippen molar-refractivity contribution in [3.05, 3.63) is 41.4 Å². The van der Waals surface area contributed by atoms with Crippen LogP contribution in [-0.4, -0.2) is 34.2 Å². The molecule has 1 aromatic carbocycles. The van der Waals surface area contributed by atoms with Crippen molar-refractivity contribution in [1.82, 2.24) is 9.88 Å². The Kier molecular flexibility index (Phi) is 3.92. The Morgan fingerprint density at radius 2 is 2.16 bits per heavy atom. The molecule has 0 saturated carbocycles. The zero-order chi connectivity index (χ0) is 13.1. The lowest BCUT2D eigenvalue weighted by atomic mass is 10.2. The molecule has 3 rings (SSSR count). The molecule has 0 bridgehead atoms. The number of aromatic nitrogens is 1. The largest absolute Gasteiger partial charge is 0.395 e. The molecule has 1 aromatic heterocycles. The second-order valence-corrected chi connectivity index (χ2v) is 6.06. The molecule has 0 aliphatic carbocycles. The van der Waals surface area contributed by atoms with Crippen LogP contribution in [0.2, 0.25) is 0 Å². The lowest BCUT2D eigenvalue weighted by Crippen LogP contribution is -2.31. The predicted molar refractivity (Wildman–Crippen MR) is 78.1 cm³/mol. The van der Waals surface area contributed by atoms with Crippen molar-refractivity contribution in [2.75, 3.05) is 13.2 Å². The third-order valence-corrected chi connectivity index (χ3v) is 4.67. The first-order valence-corrected chi connectivity index (χ1v) is 7.53. The van der Waals surface area contributed by atoms with Gasteiger partial charge in [-0.25, -0.2) is 4.98 Å². The number of aliphatic hydroxyl groups excluding tert-OH is 1. The molecule has 3 nitrogen and oxygen atoms in total. The number of rotatable bonds is 4. The quantitative estimate of drug-likeness (QED) is 0.931. The van der Waals surface area contributed by atoms with Crippen LogP contribution in [0.15, 0.2) is 36.5 Å². The predicted octanol–water partition coefficient (Wildman–Crippen LogP) is 2.77. The second kappa shape index (κ2) is 5.82. The average Bonchev–Trinajstić information content (AvgIpc) is 3.09. The van der Waals surface area contributed by atoms with Crippen LogP contribution in [0.25, 0.3) is 10.6 Å². The van der Waals surface area contributed by atoms with Crippen molar-refractivity contribution in [2.45, 2.75) is 25.4 Å². The Morgan fingerprint density at radius 3 is 2.95 bits per heavy atom. The van der Waals surface area contributed by atoms with Crippen molar-refractivity contribution in [3.63, 3.8) is 0 Å². The van der Waals surface area contributed by atoms with E-state index >= 15 is 0 Å². The first kappa shape index (κ1) is 12.8. The molecule has 2 aromatic rings. The van der Waals surface area contributed by atoms with Gasteiger partial charge in [0.15, 0.2) is 0 Å². The van der Waals surface area contributed by atoms with Gasteiger partial charge in [-0.1, -0.05) is 30.3 Å². The first-order chi connectivity index (χ1) is 9.36. The minimum Gasteiger partial charge on any atom is -0.395 e. The van der Waals surface area contributed by atoms with Gasteiger partial charge in [-0.15, -0.1) is 11.3 Å².